The first kappa shape index (κ1) is 32.2. The van der Waals surface area contributed by atoms with E-state index in [2.05, 4.69) is 25.9 Å². The van der Waals surface area contributed by atoms with Crippen molar-refractivity contribution in [3.63, 3.8) is 0 Å². The predicted molar refractivity (Wildman–Crippen MR) is 161 cm³/mol. The molecule has 4 amide bonds. The summed E-state index contributed by atoms with van der Waals surface area (Å²) in [5, 5.41) is 27.5. The molecule has 4 unspecified atom stereocenters. The number of benzene rings is 2. The first-order chi connectivity index (χ1) is 21.4. The number of aromatic amines is 2. The lowest BCUT2D eigenvalue weighted by molar-refractivity contribution is -0.147. The van der Waals surface area contributed by atoms with Gasteiger partial charge in [-0.05, 0) is 23.3 Å². The second kappa shape index (κ2) is 14.2. The topological polar surface area (TPSA) is 263 Å². The summed E-state index contributed by atoms with van der Waals surface area (Å²) in [6, 6.07) is 8.63. The maximum atomic E-state index is 13.8. The number of carboxylic acid groups (broad SMARTS) is 2. The summed E-state index contributed by atoms with van der Waals surface area (Å²) in [7, 11) is 0. The number of nitrogens with one attached hydrogen (secondary N) is 5. The van der Waals surface area contributed by atoms with Crippen LogP contribution in [0.3, 0.4) is 0 Å². The summed E-state index contributed by atoms with van der Waals surface area (Å²) >= 11 is 0. The van der Waals surface area contributed by atoms with Gasteiger partial charge in [0, 0.05) is 47.0 Å². The number of aromatic nitrogens is 2. The molecule has 4 atom stereocenters. The minimum atomic E-state index is -1.77. The molecule has 0 saturated carbocycles. The Kier molecular flexibility index (Phi) is 10.2. The Morgan fingerprint density at radius 1 is 0.667 bits per heavy atom. The van der Waals surface area contributed by atoms with Crippen LogP contribution in [0, 0.1) is 0 Å². The first-order valence-corrected chi connectivity index (χ1v) is 13.9. The van der Waals surface area contributed by atoms with Gasteiger partial charge in [0.05, 0.1) is 18.9 Å². The molecule has 15 nitrogen and oxygen atoms in total. The number of aliphatic carboxylic acids is 2. The summed E-state index contributed by atoms with van der Waals surface area (Å²) in [6.07, 6.45) is 1.76. The number of carboxylic acids is 2. The van der Waals surface area contributed by atoms with E-state index in [0.29, 0.717) is 11.1 Å². The van der Waals surface area contributed by atoms with Gasteiger partial charge in [-0.2, -0.15) is 0 Å². The van der Waals surface area contributed by atoms with Crippen LogP contribution < -0.4 is 27.4 Å². The number of primary amides is 1. The predicted octanol–water partition coefficient (Wildman–Crippen LogP) is -0.349. The highest BCUT2D eigenvalue weighted by atomic mass is 16.4. The van der Waals surface area contributed by atoms with Crippen LogP contribution in [0.1, 0.15) is 24.0 Å². The fraction of sp³-hybridized carbons (Fsp3) is 0.267. The van der Waals surface area contributed by atoms with Crippen molar-refractivity contribution in [2.24, 2.45) is 11.5 Å². The van der Waals surface area contributed by atoms with E-state index in [0.717, 1.165) is 21.8 Å². The molecule has 2 aromatic carbocycles. The standard InChI is InChI=1S/C30H33N7O8/c31-19(11-25(32)38)27(41)35-22(9-15-13-33-20-7-3-1-5-17(15)20)28(42)36-23(29(43)37-24(30(44)45)12-26(39)40)10-16-14-34-21-8-4-2-6-18(16)21/h1-8,13-14,19,22-24,33-34H,9-12,31H2,(H2,32,38)(H,35,41)(H,36,42)(H,37,43)(H,39,40)(H,44,45). The minimum absolute atomic E-state index is 0.0525. The highest BCUT2D eigenvalue weighted by Crippen LogP contribution is 2.21. The lowest BCUT2D eigenvalue weighted by Crippen LogP contribution is -2.58. The number of fused-ring (bicyclic) bond motifs is 2. The number of hydrogen-bond acceptors (Lipinski definition) is 7. The highest BCUT2D eigenvalue weighted by molar-refractivity contribution is 5.96. The van der Waals surface area contributed by atoms with Crippen molar-refractivity contribution in [2.45, 2.75) is 49.9 Å². The van der Waals surface area contributed by atoms with Crippen molar-refractivity contribution in [1.82, 2.24) is 25.9 Å². The first-order valence-electron chi connectivity index (χ1n) is 13.9. The number of rotatable bonds is 15. The van der Waals surface area contributed by atoms with Gasteiger partial charge in [0.15, 0.2) is 0 Å². The normalized spacial score (nSPS) is 13.8. The summed E-state index contributed by atoms with van der Waals surface area (Å²) in [5.41, 5.74) is 13.8. The summed E-state index contributed by atoms with van der Waals surface area (Å²) in [4.78, 5) is 80.6. The van der Waals surface area contributed by atoms with Crippen LogP contribution in [0.2, 0.25) is 0 Å². The number of carbonyl (C=O) groups is 6. The molecule has 0 bridgehead atoms. The Balaban J connectivity index is 1.65. The van der Waals surface area contributed by atoms with Gasteiger partial charge in [-0.15, -0.1) is 0 Å². The van der Waals surface area contributed by atoms with Crippen LogP contribution in [-0.4, -0.2) is 79.9 Å². The van der Waals surface area contributed by atoms with E-state index in [9.17, 15) is 33.9 Å². The Morgan fingerprint density at radius 2 is 1.11 bits per heavy atom. The molecule has 4 aromatic rings. The van der Waals surface area contributed by atoms with E-state index in [-0.39, 0.29) is 12.8 Å². The zero-order valence-electron chi connectivity index (χ0n) is 23.9. The van der Waals surface area contributed by atoms with Gasteiger partial charge in [-0.3, -0.25) is 24.0 Å². The van der Waals surface area contributed by atoms with E-state index in [1.165, 1.54) is 0 Å². The Labute approximate surface area is 255 Å². The monoisotopic (exact) mass is 619 g/mol. The van der Waals surface area contributed by atoms with Crippen molar-refractivity contribution in [1.29, 1.82) is 0 Å². The van der Waals surface area contributed by atoms with Crippen molar-refractivity contribution in [2.75, 3.05) is 0 Å². The molecule has 11 N–H and O–H groups in total. The smallest absolute Gasteiger partial charge is 0.326 e. The Morgan fingerprint density at radius 3 is 1.56 bits per heavy atom. The average Bonchev–Trinajstić information content (AvgIpc) is 3.59. The van der Waals surface area contributed by atoms with Crippen LogP contribution >= 0.6 is 0 Å². The van der Waals surface area contributed by atoms with Gasteiger partial charge in [0.25, 0.3) is 0 Å². The minimum Gasteiger partial charge on any atom is -0.481 e. The average molecular weight is 620 g/mol. The number of hydrogen-bond donors (Lipinski definition) is 9. The fourth-order valence-electron chi connectivity index (χ4n) is 4.97. The number of carbonyl (C=O) groups excluding carboxylic acids is 4. The van der Waals surface area contributed by atoms with Gasteiger partial charge in [-0.1, -0.05) is 36.4 Å². The molecular weight excluding hydrogens is 586 g/mol. The fourth-order valence-corrected chi connectivity index (χ4v) is 4.97. The Hall–Kier alpha value is -5.70. The molecular formula is C30H33N7O8. The van der Waals surface area contributed by atoms with Crippen molar-refractivity contribution in [3.8, 4) is 0 Å². The molecule has 236 valence electrons. The molecule has 0 aliphatic carbocycles. The summed E-state index contributed by atoms with van der Waals surface area (Å²) < 4.78 is 0. The molecule has 2 aromatic heterocycles. The third kappa shape index (κ3) is 8.23. The van der Waals surface area contributed by atoms with Crippen LogP contribution in [0.25, 0.3) is 21.8 Å². The quantitative estimate of drug-likeness (QED) is 0.0841. The highest BCUT2D eigenvalue weighted by Gasteiger charge is 2.32. The van der Waals surface area contributed by atoms with E-state index < -0.39 is 72.6 Å². The molecule has 45 heavy (non-hydrogen) atoms. The number of para-hydroxylation sites is 2. The van der Waals surface area contributed by atoms with Gasteiger partial charge in [0.1, 0.15) is 18.1 Å². The second-order valence-electron chi connectivity index (χ2n) is 10.5. The van der Waals surface area contributed by atoms with E-state index in [1.54, 1.807) is 36.7 Å². The third-order valence-electron chi connectivity index (χ3n) is 7.22. The largest absolute Gasteiger partial charge is 0.481 e. The molecule has 0 fully saturated rings. The van der Waals surface area contributed by atoms with Crippen molar-refractivity contribution < 1.29 is 39.0 Å². The third-order valence-corrected chi connectivity index (χ3v) is 7.22. The van der Waals surface area contributed by atoms with E-state index in [1.807, 2.05) is 24.3 Å². The zero-order chi connectivity index (χ0) is 32.7. The number of H-pyrrole nitrogens is 2. The molecule has 0 saturated heterocycles. The van der Waals surface area contributed by atoms with Crippen molar-refractivity contribution in [3.05, 3.63) is 72.1 Å². The summed E-state index contributed by atoms with van der Waals surface area (Å²) in [6.45, 7) is 0. The number of amides is 4. The van der Waals surface area contributed by atoms with Gasteiger partial charge >= 0.3 is 11.9 Å². The second-order valence-corrected chi connectivity index (χ2v) is 10.5. The van der Waals surface area contributed by atoms with Crippen LogP contribution in [0.5, 0.6) is 0 Å². The molecule has 0 radical (unpaired) electrons. The SMILES string of the molecule is NC(=O)CC(N)C(=O)NC(Cc1c[nH]c2ccccc12)C(=O)NC(Cc1c[nH]c2ccccc12)C(=O)NC(CC(=O)O)C(=O)O. The van der Waals surface area contributed by atoms with E-state index in [4.69, 9.17) is 16.6 Å². The van der Waals surface area contributed by atoms with Crippen LogP contribution in [0.15, 0.2) is 60.9 Å². The zero-order valence-corrected chi connectivity index (χ0v) is 23.9. The molecule has 15 heteroatoms. The number of nitrogens with two attached hydrogens (primary N) is 2. The summed E-state index contributed by atoms with van der Waals surface area (Å²) in [5.74, 6) is -6.45. The van der Waals surface area contributed by atoms with Gasteiger partial charge in [0.2, 0.25) is 23.6 Å². The lowest BCUT2D eigenvalue weighted by Gasteiger charge is -2.25. The van der Waals surface area contributed by atoms with Crippen LogP contribution in [0.4, 0.5) is 0 Å². The van der Waals surface area contributed by atoms with Gasteiger partial charge in [-0.25, -0.2) is 4.79 Å². The van der Waals surface area contributed by atoms with Crippen molar-refractivity contribution >= 4 is 57.4 Å². The molecule has 2 heterocycles. The molecule has 0 spiro atoms. The molecule has 4 rings (SSSR count). The van der Waals surface area contributed by atoms with Crippen LogP contribution in [-0.2, 0) is 41.6 Å². The molecule has 0 aliphatic rings. The molecule has 0 aliphatic heterocycles. The van der Waals surface area contributed by atoms with Gasteiger partial charge < -0.3 is 47.6 Å². The lowest BCUT2D eigenvalue weighted by atomic mass is 10.0. The maximum Gasteiger partial charge on any atom is 0.326 e. The maximum absolute atomic E-state index is 13.8. The Bertz CT molecular complexity index is 1750. The van der Waals surface area contributed by atoms with E-state index >= 15 is 0 Å².